The Kier molecular flexibility index (Phi) is 3.79. The summed E-state index contributed by atoms with van der Waals surface area (Å²) in [7, 11) is 0. The minimum absolute atomic E-state index is 0.354. The van der Waals surface area contributed by atoms with Crippen LogP contribution >= 0.6 is 43.2 Å². The van der Waals surface area contributed by atoms with Crippen LogP contribution in [0.4, 0.5) is 4.39 Å². The molecule has 0 saturated heterocycles. The maximum absolute atomic E-state index is 13.1. The number of benzene rings is 1. The quantitative estimate of drug-likeness (QED) is 0.831. The summed E-state index contributed by atoms with van der Waals surface area (Å²) < 4.78 is 14.7. The standard InChI is InChI=1S/C11H7Br2FOS/c12-8-2-1-6(14)5-7(8)11(15)9-3-4-10(13)16-9/h1-5,11,15H. The van der Waals surface area contributed by atoms with Crippen LogP contribution in [0.25, 0.3) is 0 Å². The highest BCUT2D eigenvalue weighted by Gasteiger charge is 2.16. The number of rotatable bonds is 2. The molecule has 0 saturated carbocycles. The third-order valence-electron chi connectivity index (χ3n) is 2.12. The topological polar surface area (TPSA) is 20.2 Å². The lowest BCUT2D eigenvalue weighted by Gasteiger charge is -2.11. The Morgan fingerprint density at radius 1 is 1.19 bits per heavy atom. The number of aliphatic hydroxyl groups excluding tert-OH is 1. The van der Waals surface area contributed by atoms with E-state index in [4.69, 9.17) is 0 Å². The van der Waals surface area contributed by atoms with Crippen molar-refractivity contribution in [3.05, 3.63) is 54.8 Å². The molecular formula is C11H7Br2FOS. The number of halogens is 3. The van der Waals surface area contributed by atoms with Crippen LogP contribution in [-0.4, -0.2) is 5.11 Å². The van der Waals surface area contributed by atoms with E-state index in [9.17, 15) is 9.50 Å². The molecule has 1 aromatic heterocycles. The van der Waals surface area contributed by atoms with Crippen molar-refractivity contribution in [1.29, 1.82) is 0 Å². The fourth-order valence-corrected chi connectivity index (χ4v) is 3.24. The molecule has 0 spiro atoms. The first-order valence-electron chi connectivity index (χ1n) is 4.46. The molecule has 1 aromatic carbocycles. The van der Waals surface area contributed by atoms with E-state index >= 15 is 0 Å². The average Bonchev–Trinajstić information content (AvgIpc) is 2.67. The molecular weight excluding hydrogens is 359 g/mol. The summed E-state index contributed by atoms with van der Waals surface area (Å²) in [6.45, 7) is 0. The normalized spacial score (nSPS) is 12.8. The molecule has 1 atom stereocenters. The highest BCUT2D eigenvalue weighted by atomic mass is 79.9. The molecule has 2 aromatic rings. The summed E-state index contributed by atoms with van der Waals surface area (Å²) in [6, 6.07) is 7.96. The van der Waals surface area contributed by atoms with Crippen LogP contribution in [0.5, 0.6) is 0 Å². The van der Waals surface area contributed by atoms with Crippen LogP contribution in [0.1, 0.15) is 16.5 Å². The predicted molar refractivity (Wildman–Crippen MR) is 70.2 cm³/mol. The van der Waals surface area contributed by atoms with Crippen molar-refractivity contribution < 1.29 is 9.50 Å². The van der Waals surface area contributed by atoms with Gasteiger partial charge in [0.15, 0.2) is 0 Å². The van der Waals surface area contributed by atoms with Crippen molar-refractivity contribution in [2.45, 2.75) is 6.10 Å². The van der Waals surface area contributed by atoms with Gasteiger partial charge in [0.05, 0.1) is 3.79 Å². The molecule has 0 bridgehead atoms. The second-order valence-electron chi connectivity index (χ2n) is 3.21. The van der Waals surface area contributed by atoms with Crippen LogP contribution in [-0.2, 0) is 0 Å². The minimum atomic E-state index is -0.804. The Labute approximate surface area is 113 Å². The van der Waals surface area contributed by atoms with E-state index in [1.165, 1.54) is 23.5 Å². The second kappa shape index (κ2) is 4.96. The van der Waals surface area contributed by atoms with Gasteiger partial charge in [0.1, 0.15) is 11.9 Å². The van der Waals surface area contributed by atoms with Gasteiger partial charge in [-0.25, -0.2) is 4.39 Å². The molecule has 84 valence electrons. The molecule has 2 rings (SSSR count). The molecule has 1 nitrogen and oxygen atoms in total. The van der Waals surface area contributed by atoms with Gasteiger partial charge in [-0.3, -0.25) is 0 Å². The number of hydrogen-bond donors (Lipinski definition) is 1. The lowest BCUT2D eigenvalue weighted by molar-refractivity contribution is 0.223. The smallest absolute Gasteiger partial charge is 0.123 e. The summed E-state index contributed by atoms with van der Waals surface area (Å²) in [5.41, 5.74) is 0.536. The van der Waals surface area contributed by atoms with Crippen molar-refractivity contribution >= 4 is 43.2 Å². The molecule has 0 radical (unpaired) electrons. The Bertz CT molecular complexity index is 512. The lowest BCUT2D eigenvalue weighted by atomic mass is 10.1. The zero-order valence-corrected chi connectivity index (χ0v) is 11.9. The van der Waals surface area contributed by atoms with Gasteiger partial charge >= 0.3 is 0 Å². The van der Waals surface area contributed by atoms with Gasteiger partial charge in [0.2, 0.25) is 0 Å². The predicted octanol–water partition coefficient (Wildman–Crippen LogP) is 4.49. The molecule has 1 N–H and O–H groups in total. The minimum Gasteiger partial charge on any atom is -0.383 e. The summed E-state index contributed by atoms with van der Waals surface area (Å²) in [5.74, 6) is -0.354. The number of hydrogen-bond acceptors (Lipinski definition) is 2. The summed E-state index contributed by atoms with van der Waals surface area (Å²) >= 11 is 8.06. The molecule has 5 heteroatoms. The molecule has 16 heavy (non-hydrogen) atoms. The van der Waals surface area contributed by atoms with Crippen LogP contribution in [0.2, 0.25) is 0 Å². The van der Waals surface area contributed by atoms with Gasteiger partial charge in [-0.05, 0) is 46.3 Å². The number of thiophene rings is 1. The molecule has 0 aliphatic rings. The molecule has 0 aliphatic heterocycles. The van der Waals surface area contributed by atoms with Crippen LogP contribution < -0.4 is 0 Å². The highest BCUT2D eigenvalue weighted by molar-refractivity contribution is 9.11. The van der Waals surface area contributed by atoms with Gasteiger partial charge in [-0.15, -0.1) is 11.3 Å². The van der Waals surface area contributed by atoms with Gasteiger partial charge in [-0.1, -0.05) is 15.9 Å². The zero-order chi connectivity index (χ0) is 11.7. The van der Waals surface area contributed by atoms with E-state index in [0.717, 1.165) is 8.66 Å². The van der Waals surface area contributed by atoms with Crippen molar-refractivity contribution in [3.63, 3.8) is 0 Å². The molecule has 1 unspecified atom stereocenters. The molecule has 0 amide bonds. The van der Waals surface area contributed by atoms with E-state index in [-0.39, 0.29) is 5.82 Å². The van der Waals surface area contributed by atoms with Crippen LogP contribution in [0.15, 0.2) is 38.6 Å². The molecule has 1 heterocycles. The van der Waals surface area contributed by atoms with E-state index in [2.05, 4.69) is 31.9 Å². The first-order valence-corrected chi connectivity index (χ1v) is 6.86. The Balaban J connectivity index is 2.40. The van der Waals surface area contributed by atoms with Gasteiger partial charge in [0, 0.05) is 14.9 Å². The SMILES string of the molecule is OC(c1ccc(Br)s1)c1cc(F)ccc1Br. The maximum Gasteiger partial charge on any atom is 0.123 e. The highest BCUT2D eigenvalue weighted by Crippen LogP contribution is 2.34. The second-order valence-corrected chi connectivity index (χ2v) is 6.56. The summed E-state index contributed by atoms with van der Waals surface area (Å²) in [6.07, 6.45) is -0.804. The van der Waals surface area contributed by atoms with Crippen LogP contribution in [0, 0.1) is 5.82 Å². The third-order valence-corrected chi connectivity index (χ3v) is 4.51. The van der Waals surface area contributed by atoms with Crippen LogP contribution in [0.3, 0.4) is 0 Å². The first-order chi connectivity index (χ1) is 7.58. The largest absolute Gasteiger partial charge is 0.383 e. The number of aliphatic hydroxyl groups is 1. The van der Waals surface area contributed by atoms with Gasteiger partial charge < -0.3 is 5.11 Å². The molecule has 0 fully saturated rings. The van der Waals surface area contributed by atoms with Crippen molar-refractivity contribution in [3.8, 4) is 0 Å². The monoisotopic (exact) mass is 364 g/mol. The lowest BCUT2D eigenvalue weighted by Crippen LogP contribution is -1.98. The van der Waals surface area contributed by atoms with Gasteiger partial charge in [-0.2, -0.15) is 0 Å². The third kappa shape index (κ3) is 2.53. The van der Waals surface area contributed by atoms with Crippen molar-refractivity contribution in [2.24, 2.45) is 0 Å². The first kappa shape index (κ1) is 12.2. The summed E-state index contributed by atoms with van der Waals surface area (Å²) in [5, 5.41) is 10.1. The summed E-state index contributed by atoms with van der Waals surface area (Å²) in [4.78, 5) is 0.776. The average molecular weight is 366 g/mol. The maximum atomic E-state index is 13.1. The Morgan fingerprint density at radius 2 is 1.94 bits per heavy atom. The fourth-order valence-electron chi connectivity index (χ4n) is 1.35. The van der Waals surface area contributed by atoms with E-state index in [0.29, 0.717) is 10.0 Å². The Morgan fingerprint density at radius 3 is 2.56 bits per heavy atom. The van der Waals surface area contributed by atoms with Crippen molar-refractivity contribution in [2.75, 3.05) is 0 Å². The van der Waals surface area contributed by atoms with E-state index in [1.807, 2.05) is 12.1 Å². The fraction of sp³-hybridized carbons (Fsp3) is 0.0909. The molecule has 0 aliphatic carbocycles. The van der Waals surface area contributed by atoms with Crippen molar-refractivity contribution in [1.82, 2.24) is 0 Å². The van der Waals surface area contributed by atoms with E-state index in [1.54, 1.807) is 6.07 Å². The van der Waals surface area contributed by atoms with E-state index < -0.39 is 6.10 Å². The zero-order valence-electron chi connectivity index (χ0n) is 7.95. The Hall–Kier alpha value is -0.230. The van der Waals surface area contributed by atoms with Gasteiger partial charge in [0.25, 0.3) is 0 Å².